The van der Waals surface area contributed by atoms with Crippen molar-refractivity contribution in [2.24, 2.45) is 16.2 Å². The van der Waals surface area contributed by atoms with E-state index in [1.54, 1.807) is 71.6 Å². The van der Waals surface area contributed by atoms with Crippen LogP contribution in [0.25, 0.3) is 0 Å². The molecule has 0 N–H and O–H groups in total. The number of oxime groups is 1. The van der Waals surface area contributed by atoms with Gasteiger partial charge in [-0.3, -0.25) is 24.1 Å². The molecule has 3 aliphatic rings. The van der Waals surface area contributed by atoms with Gasteiger partial charge in [0.2, 0.25) is 16.4 Å². The monoisotopic (exact) mass is 1060 g/mol. The lowest BCUT2D eigenvalue weighted by molar-refractivity contribution is -0.179. The van der Waals surface area contributed by atoms with E-state index in [0.717, 1.165) is 27.9 Å². The second-order valence-corrected chi connectivity index (χ2v) is 21.4. The number of hydrazone groups is 1. The predicted octanol–water partition coefficient (Wildman–Crippen LogP) is 7.32. The SMILES string of the molecule is [B]OC(=O)[C@@]1(N2CCN(/N=C/CCC(=O)c3ccc(OCc4ccc(OC)cc4)c(OCc4ccc(OC)cc4)c3Cl)C2=O)CN2C(=O)C(CC(=O)/C(=N\OC(C)(C)C(=O)OC(C)(C)C)c3csc(C)n3)[C@H]2S1. The number of halogens is 1. The first-order valence-corrected chi connectivity index (χ1v) is 25.2. The van der Waals surface area contributed by atoms with Crippen LogP contribution in [0.4, 0.5) is 4.79 Å². The molecule has 4 aromatic rings. The van der Waals surface area contributed by atoms with E-state index in [0.29, 0.717) is 22.3 Å². The van der Waals surface area contributed by atoms with Crippen LogP contribution in [0, 0.1) is 12.8 Å². The maximum Gasteiger partial charge on any atom is 0.378 e. The van der Waals surface area contributed by atoms with Crippen molar-refractivity contribution >= 4 is 90.1 Å². The molecular weight excluding hydrogens is 1000 g/mol. The highest BCUT2D eigenvalue weighted by Crippen LogP contribution is 2.53. The molecule has 3 aromatic carbocycles. The number of carbonyl (C=O) groups excluding carboxylic acids is 6. The second kappa shape index (κ2) is 22.6. The van der Waals surface area contributed by atoms with Gasteiger partial charge >= 0.3 is 26.0 Å². The van der Waals surface area contributed by atoms with Gasteiger partial charge in [-0.15, -0.1) is 11.3 Å². The molecule has 4 heterocycles. The van der Waals surface area contributed by atoms with Crippen LogP contribution in [-0.4, -0.2) is 131 Å². The molecule has 0 spiro atoms. The summed E-state index contributed by atoms with van der Waals surface area (Å²) in [5, 5.41) is 11.1. The molecule has 0 bridgehead atoms. The van der Waals surface area contributed by atoms with Gasteiger partial charge in [-0.25, -0.2) is 19.6 Å². The zero-order valence-corrected chi connectivity index (χ0v) is 43.9. The Morgan fingerprint density at radius 3 is 2.15 bits per heavy atom. The van der Waals surface area contributed by atoms with Crippen LogP contribution in [0.3, 0.4) is 0 Å². The van der Waals surface area contributed by atoms with Crippen molar-refractivity contribution in [2.45, 2.75) is 95.5 Å². The van der Waals surface area contributed by atoms with Gasteiger partial charge in [0.15, 0.2) is 28.8 Å². The quantitative estimate of drug-likeness (QED) is 0.0188. The van der Waals surface area contributed by atoms with Crippen LogP contribution >= 0.6 is 34.7 Å². The Balaban J connectivity index is 0.997. The summed E-state index contributed by atoms with van der Waals surface area (Å²) in [4.78, 5) is 92.7. The molecule has 2 radical (unpaired) electrons. The first-order valence-electron chi connectivity index (χ1n) is 23.0. The number of benzene rings is 3. The van der Waals surface area contributed by atoms with Crippen molar-refractivity contribution in [3.8, 4) is 23.0 Å². The largest absolute Gasteiger partial charge is 0.541 e. The van der Waals surface area contributed by atoms with Crippen LogP contribution in [0.1, 0.15) is 86.1 Å². The number of esters is 1. The molecule has 3 fully saturated rings. The Morgan fingerprint density at radius 2 is 1.56 bits per heavy atom. The second-order valence-electron chi connectivity index (χ2n) is 18.5. The van der Waals surface area contributed by atoms with Crippen molar-refractivity contribution in [1.29, 1.82) is 0 Å². The third kappa shape index (κ3) is 12.2. The zero-order chi connectivity index (χ0) is 52.8. The Labute approximate surface area is 436 Å². The van der Waals surface area contributed by atoms with Crippen molar-refractivity contribution in [2.75, 3.05) is 33.9 Å². The lowest BCUT2D eigenvalue weighted by Gasteiger charge is -2.40. The lowest BCUT2D eigenvalue weighted by Crippen LogP contribution is -2.59. The fourth-order valence-electron chi connectivity index (χ4n) is 7.85. The Morgan fingerprint density at radius 1 is 0.918 bits per heavy atom. The summed E-state index contributed by atoms with van der Waals surface area (Å²) >= 11 is 9.13. The predicted molar refractivity (Wildman–Crippen MR) is 272 cm³/mol. The van der Waals surface area contributed by atoms with Crippen molar-refractivity contribution in [1.82, 2.24) is 19.8 Å². The molecule has 3 atom stereocenters. The smallest absolute Gasteiger partial charge is 0.378 e. The first kappa shape index (κ1) is 54.1. The number of fused-ring (bicyclic) bond motifs is 1. The molecule has 3 aliphatic heterocycles. The molecule has 1 unspecified atom stereocenters. The minimum absolute atomic E-state index is 0.00209. The summed E-state index contributed by atoms with van der Waals surface area (Å²) in [7, 11) is 8.60. The molecule has 73 heavy (non-hydrogen) atoms. The topological polar surface area (TPSA) is 214 Å². The summed E-state index contributed by atoms with van der Waals surface area (Å²) in [5.41, 5.74) is -0.553. The summed E-state index contributed by atoms with van der Waals surface area (Å²) < 4.78 is 33.1. The number of ketones is 2. The number of aromatic nitrogens is 1. The maximum absolute atomic E-state index is 14.0. The fourth-order valence-corrected chi connectivity index (χ4v) is 10.5. The average molecular weight is 1060 g/mol. The van der Waals surface area contributed by atoms with E-state index in [2.05, 4.69) is 15.2 Å². The maximum atomic E-state index is 14.0. The number of hydrogen-bond acceptors (Lipinski definition) is 18. The number of rotatable bonds is 22. The molecule has 19 nitrogen and oxygen atoms in total. The Hall–Kier alpha value is -6.65. The number of thiazole rings is 1. The molecule has 0 saturated carbocycles. The van der Waals surface area contributed by atoms with E-state index < -0.39 is 57.0 Å². The van der Waals surface area contributed by atoms with E-state index in [9.17, 15) is 28.8 Å². The highest BCUT2D eigenvalue weighted by molar-refractivity contribution is 8.02. The summed E-state index contributed by atoms with van der Waals surface area (Å²) in [6.07, 6.45) is 1.12. The minimum Gasteiger partial charge on any atom is -0.541 e. The standard InChI is InChI=1S/C50H54BClN6O13S2/c1-29-54-36(27-72-29)41(55-71-49(5,6)45(62)69-48(2,3)4)38(60)24-35-43(61)56-28-50(46(63)70-51,73-44(35)56)57-22-23-58(47(57)64)53-21-9-10-37(59)34-19-20-39(67-25-30-11-15-32(65-7)16-12-30)42(40(34)52)68-26-31-13-17-33(66-8)18-14-31/h11-21,27,35,44H,9-10,22-26,28H2,1-8H3/b53-21+,55-41-/t35?,44-,50-/m1/s1. The van der Waals surface area contributed by atoms with Gasteiger partial charge in [0.25, 0.3) is 0 Å². The molecule has 3 saturated heterocycles. The molecule has 0 aliphatic carbocycles. The van der Waals surface area contributed by atoms with Gasteiger partial charge in [0.1, 0.15) is 36.0 Å². The Kier molecular flexibility index (Phi) is 16.8. The number of aryl methyl sites for hydroxylation is 1. The number of β-lactam (4-membered cyclic amide) rings is 1. The van der Waals surface area contributed by atoms with Gasteiger partial charge in [0.05, 0.1) is 48.6 Å². The molecule has 1 aromatic heterocycles. The molecule has 3 amide bonds. The van der Waals surface area contributed by atoms with Crippen molar-refractivity contribution < 1.29 is 61.9 Å². The molecule has 23 heteroatoms. The number of Topliss-reactive ketones (excluding diaryl/α,β-unsaturated/α-hetero) is 2. The average Bonchev–Trinajstić information content (AvgIpc) is 4.08. The number of methoxy groups -OCH3 is 2. The van der Waals surface area contributed by atoms with E-state index >= 15 is 0 Å². The summed E-state index contributed by atoms with van der Waals surface area (Å²) in [6, 6.07) is 17.2. The van der Waals surface area contributed by atoms with Gasteiger partial charge in [-0.1, -0.05) is 52.8 Å². The highest BCUT2D eigenvalue weighted by atomic mass is 35.5. The third-order valence-electron chi connectivity index (χ3n) is 11.8. The van der Waals surface area contributed by atoms with E-state index in [1.807, 2.05) is 36.4 Å². The van der Waals surface area contributed by atoms with E-state index in [4.69, 9.17) is 52.8 Å². The number of amides is 3. The van der Waals surface area contributed by atoms with Crippen LogP contribution < -0.4 is 18.9 Å². The van der Waals surface area contributed by atoms with Crippen molar-refractivity contribution in [3.63, 3.8) is 0 Å². The normalized spacial score (nSPS) is 18.9. The van der Waals surface area contributed by atoms with Crippen LogP contribution in [0.2, 0.25) is 5.02 Å². The van der Waals surface area contributed by atoms with Crippen LogP contribution in [0.5, 0.6) is 23.0 Å². The Bertz CT molecular complexity index is 2800. The number of nitrogens with zero attached hydrogens (tertiary/aromatic N) is 6. The summed E-state index contributed by atoms with van der Waals surface area (Å²) in [5.74, 6) is -2.12. The first-order chi connectivity index (χ1) is 34.7. The lowest BCUT2D eigenvalue weighted by atomic mass is 9.90. The number of carbonyl (C=O) groups is 6. The van der Waals surface area contributed by atoms with Gasteiger partial charge < -0.3 is 38.1 Å². The van der Waals surface area contributed by atoms with E-state index in [-0.39, 0.29) is 85.6 Å². The highest BCUT2D eigenvalue weighted by Gasteiger charge is 2.66. The van der Waals surface area contributed by atoms with Gasteiger partial charge in [-0.2, -0.15) is 5.10 Å². The van der Waals surface area contributed by atoms with Gasteiger partial charge in [-0.05, 0) is 95.5 Å². The minimum atomic E-state index is -1.78. The number of urea groups is 1. The molecule has 7 rings (SSSR count). The molecular formula is C50H54BClN6O13S2. The fraction of sp³-hybridized carbons (Fsp3) is 0.420. The van der Waals surface area contributed by atoms with Gasteiger partial charge in [0, 0.05) is 36.5 Å². The zero-order valence-electron chi connectivity index (χ0n) is 41.5. The third-order valence-corrected chi connectivity index (χ3v) is 14.6. The number of hydrogen-bond donors (Lipinski definition) is 0. The molecule has 384 valence electrons. The van der Waals surface area contributed by atoms with E-state index in [1.165, 1.54) is 41.2 Å². The van der Waals surface area contributed by atoms with Crippen LogP contribution in [-0.2, 0) is 46.6 Å². The number of thioether (sulfide) groups is 1. The van der Waals surface area contributed by atoms with Crippen molar-refractivity contribution in [3.05, 3.63) is 98.5 Å². The number of ether oxygens (including phenoxy) is 5. The van der Waals surface area contributed by atoms with Crippen LogP contribution in [0.15, 0.2) is 76.3 Å². The summed E-state index contributed by atoms with van der Waals surface area (Å²) in [6.45, 7) is 9.83.